The number of esters is 1. The van der Waals surface area contributed by atoms with E-state index >= 15 is 0 Å². The third kappa shape index (κ3) is 5.88. The summed E-state index contributed by atoms with van der Waals surface area (Å²) in [6.07, 6.45) is 1.17. The van der Waals surface area contributed by atoms with Crippen molar-refractivity contribution in [1.82, 2.24) is 4.98 Å². The molecule has 29 heavy (non-hydrogen) atoms. The second-order valence-corrected chi connectivity index (χ2v) is 10.2. The summed E-state index contributed by atoms with van der Waals surface area (Å²) in [6, 6.07) is 12.0. The van der Waals surface area contributed by atoms with Crippen LogP contribution in [0.5, 0.6) is 5.75 Å². The first kappa shape index (κ1) is 21.5. The molecule has 0 aliphatic heterocycles. The van der Waals surface area contributed by atoms with E-state index in [1.165, 1.54) is 17.6 Å². The highest BCUT2D eigenvalue weighted by molar-refractivity contribution is 9.10. The van der Waals surface area contributed by atoms with E-state index in [2.05, 4.69) is 20.9 Å². The van der Waals surface area contributed by atoms with Crippen molar-refractivity contribution in [1.29, 1.82) is 0 Å². The van der Waals surface area contributed by atoms with Crippen molar-refractivity contribution in [3.8, 4) is 16.3 Å². The third-order valence-electron chi connectivity index (χ3n) is 3.91. The maximum Gasteiger partial charge on any atom is 0.338 e. The van der Waals surface area contributed by atoms with Crippen LogP contribution < -0.4 is 4.74 Å². The lowest BCUT2D eigenvalue weighted by Crippen LogP contribution is -2.06. The number of halogens is 1. The Morgan fingerprint density at radius 2 is 1.90 bits per heavy atom. The van der Waals surface area contributed by atoms with Crippen LogP contribution in [0.4, 0.5) is 0 Å². The average molecular weight is 496 g/mol. The standard InChI is InChI=1S/C20H18BrNO5S2/c1-26-18-8-7-15(21)9-17(18)19-22-16(11-28-19)10-27-20(23)14-5-3-13(4-6-14)12-29(2,24)25/h3-9,11H,10,12H2,1-2H3. The molecule has 0 amide bonds. The summed E-state index contributed by atoms with van der Waals surface area (Å²) in [5.74, 6) is 0.147. The molecule has 0 radical (unpaired) electrons. The molecule has 0 aliphatic rings. The normalized spacial score (nSPS) is 11.3. The van der Waals surface area contributed by atoms with Crippen LogP contribution in [0.1, 0.15) is 21.6 Å². The number of methoxy groups -OCH3 is 1. The Hall–Kier alpha value is -2.23. The molecule has 1 heterocycles. The number of benzene rings is 2. The number of hydrogen-bond donors (Lipinski definition) is 0. The van der Waals surface area contributed by atoms with Gasteiger partial charge in [0.2, 0.25) is 0 Å². The number of sulfone groups is 1. The van der Waals surface area contributed by atoms with E-state index in [0.717, 1.165) is 15.0 Å². The highest BCUT2D eigenvalue weighted by atomic mass is 79.9. The molecule has 0 fully saturated rings. The molecule has 0 N–H and O–H groups in total. The zero-order chi connectivity index (χ0) is 21.0. The molecule has 0 bridgehead atoms. The van der Waals surface area contributed by atoms with Gasteiger partial charge >= 0.3 is 5.97 Å². The fraction of sp³-hybridized carbons (Fsp3) is 0.200. The van der Waals surface area contributed by atoms with Crippen LogP contribution >= 0.6 is 27.3 Å². The minimum absolute atomic E-state index is 0.0384. The fourth-order valence-electron chi connectivity index (χ4n) is 2.61. The van der Waals surface area contributed by atoms with E-state index in [0.29, 0.717) is 22.6 Å². The number of aromatic nitrogens is 1. The Balaban J connectivity index is 1.65. The number of ether oxygens (including phenoxy) is 2. The Morgan fingerprint density at radius 3 is 2.55 bits per heavy atom. The van der Waals surface area contributed by atoms with E-state index in [-0.39, 0.29) is 12.4 Å². The van der Waals surface area contributed by atoms with Crippen LogP contribution in [0.15, 0.2) is 52.3 Å². The first-order chi connectivity index (χ1) is 13.7. The summed E-state index contributed by atoms with van der Waals surface area (Å²) >= 11 is 4.88. The smallest absolute Gasteiger partial charge is 0.338 e. The second-order valence-electron chi connectivity index (χ2n) is 6.33. The molecule has 0 atom stereocenters. The molecule has 6 nitrogen and oxygen atoms in total. The maximum absolute atomic E-state index is 12.2. The lowest BCUT2D eigenvalue weighted by molar-refractivity contribution is 0.0468. The SMILES string of the molecule is COc1ccc(Br)cc1-c1nc(COC(=O)c2ccc(CS(C)(=O)=O)cc2)cs1. The topological polar surface area (TPSA) is 82.6 Å². The monoisotopic (exact) mass is 495 g/mol. The first-order valence-corrected chi connectivity index (χ1v) is 12.2. The minimum atomic E-state index is -3.12. The zero-order valence-electron chi connectivity index (χ0n) is 15.7. The van der Waals surface area contributed by atoms with Crippen molar-refractivity contribution in [2.45, 2.75) is 12.4 Å². The molecule has 9 heteroatoms. The van der Waals surface area contributed by atoms with Crippen LogP contribution in [0.25, 0.3) is 10.6 Å². The molecule has 0 spiro atoms. The number of carbonyl (C=O) groups excluding carboxylic acids is 1. The lowest BCUT2D eigenvalue weighted by Gasteiger charge is -2.06. The largest absolute Gasteiger partial charge is 0.496 e. The van der Waals surface area contributed by atoms with Gasteiger partial charge in [0, 0.05) is 16.1 Å². The van der Waals surface area contributed by atoms with Gasteiger partial charge in [-0.05, 0) is 35.9 Å². The van der Waals surface area contributed by atoms with Gasteiger partial charge in [0.05, 0.1) is 29.7 Å². The van der Waals surface area contributed by atoms with Crippen molar-refractivity contribution in [3.63, 3.8) is 0 Å². The second kappa shape index (κ2) is 9.06. The van der Waals surface area contributed by atoms with E-state index in [1.54, 1.807) is 31.4 Å². The molecular formula is C20H18BrNO5S2. The number of hydrogen-bond acceptors (Lipinski definition) is 7. The summed E-state index contributed by atoms with van der Waals surface area (Å²) in [6.45, 7) is 0.0384. The van der Waals surface area contributed by atoms with Crippen molar-refractivity contribution in [2.24, 2.45) is 0 Å². The zero-order valence-corrected chi connectivity index (χ0v) is 18.9. The number of thiazole rings is 1. The Morgan fingerprint density at radius 1 is 1.17 bits per heavy atom. The molecule has 2 aromatic carbocycles. The summed E-state index contributed by atoms with van der Waals surface area (Å²) < 4.78 is 34.3. The van der Waals surface area contributed by atoms with Gasteiger partial charge in [-0.1, -0.05) is 28.1 Å². The fourth-order valence-corrected chi connectivity index (χ4v) is 4.59. The van der Waals surface area contributed by atoms with Gasteiger partial charge in [0.25, 0.3) is 0 Å². The minimum Gasteiger partial charge on any atom is -0.496 e. The maximum atomic E-state index is 12.2. The highest BCUT2D eigenvalue weighted by Gasteiger charge is 2.13. The van der Waals surface area contributed by atoms with Crippen LogP contribution in [-0.4, -0.2) is 32.7 Å². The van der Waals surface area contributed by atoms with Gasteiger partial charge in [-0.2, -0.15) is 0 Å². The van der Waals surface area contributed by atoms with Crippen LogP contribution in [0.2, 0.25) is 0 Å². The number of rotatable bonds is 7. The Bertz CT molecular complexity index is 1120. The van der Waals surface area contributed by atoms with Gasteiger partial charge in [-0.25, -0.2) is 18.2 Å². The quantitative estimate of drug-likeness (QED) is 0.449. The van der Waals surface area contributed by atoms with E-state index in [9.17, 15) is 13.2 Å². The molecule has 0 saturated carbocycles. The summed E-state index contributed by atoms with van der Waals surface area (Å²) in [5, 5.41) is 2.59. The predicted octanol–water partition coefficient (Wildman–Crippen LogP) is 4.48. The summed E-state index contributed by atoms with van der Waals surface area (Å²) in [5.41, 5.74) is 2.46. The Labute approximate surface area is 181 Å². The molecular weight excluding hydrogens is 478 g/mol. The van der Waals surface area contributed by atoms with Gasteiger partial charge < -0.3 is 9.47 Å². The van der Waals surface area contributed by atoms with Crippen molar-refractivity contribution in [3.05, 3.63) is 69.1 Å². The van der Waals surface area contributed by atoms with Crippen molar-refractivity contribution >= 4 is 43.1 Å². The van der Waals surface area contributed by atoms with Crippen molar-refractivity contribution < 1.29 is 22.7 Å². The number of carbonyl (C=O) groups is 1. The van der Waals surface area contributed by atoms with Crippen LogP contribution in [-0.2, 0) is 26.9 Å². The van der Waals surface area contributed by atoms with Gasteiger partial charge in [0.15, 0.2) is 9.84 Å². The lowest BCUT2D eigenvalue weighted by atomic mass is 10.1. The van der Waals surface area contributed by atoms with Gasteiger partial charge in [-0.3, -0.25) is 0 Å². The van der Waals surface area contributed by atoms with E-state index in [1.807, 2.05) is 23.6 Å². The summed E-state index contributed by atoms with van der Waals surface area (Å²) in [4.78, 5) is 16.8. The average Bonchev–Trinajstić information content (AvgIpc) is 3.14. The third-order valence-corrected chi connectivity index (χ3v) is 6.19. The van der Waals surface area contributed by atoms with Gasteiger partial charge in [0.1, 0.15) is 17.4 Å². The predicted molar refractivity (Wildman–Crippen MR) is 116 cm³/mol. The van der Waals surface area contributed by atoms with Crippen molar-refractivity contribution in [2.75, 3.05) is 13.4 Å². The van der Waals surface area contributed by atoms with Crippen LogP contribution in [0.3, 0.4) is 0 Å². The molecule has 3 aromatic rings. The summed E-state index contributed by atoms with van der Waals surface area (Å²) in [7, 11) is -1.52. The first-order valence-electron chi connectivity index (χ1n) is 8.47. The van der Waals surface area contributed by atoms with E-state index < -0.39 is 15.8 Å². The molecule has 3 rings (SSSR count). The number of nitrogens with zero attached hydrogens (tertiary/aromatic N) is 1. The molecule has 0 unspecified atom stereocenters. The van der Waals surface area contributed by atoms with Gasteiger partial charge in [-0.15, -0.1) is 11.3 Å². The highest BCUT2D eigenvalue weighted by Crippen LogP contribution is 2.34. The molecule has 1 aromatic heterocycles. The molecule has 0 aliphatic carbocycles. The Kier molecular flexibility index (Phi) is 6.71. The molecule has 0 saturated heterocycles. The molecule has 152 valence electrons. The van der Waals surface area contributed by atoms with Crippen LogP contribution in [0, 0.1) is 0 Å². The van der Waals surface area contributed by atoms with E-state index in [4.69, 9.17) is 9.47 Å².